The monoisotopic (exact) mass is 438 g/mol. The fourth-order valence-electron chi connectivity index (χ4n) is 2.56. The van der Waals surface area contributed by atoms with Crippen LogP contribution in [0.15, 0.2) is 26.5 Å². The Kier molecular flexibility index (Phi) is 5.49. The van der Waals surface area contributed by atoms with Crippen molar-refractivity contribution in [2.45, 2.75) is 26.7 Å². The Morgan fingerprint density at radius 2 is 1.86 bits per heavy atom. The number of hydrogen-bond acceptors (Lipinski definition) is 7. The van der Waals surface area contributed by atoms with Gasteiger partial charge in [-0.1, -0.05) is 37.0 Å². The number of nitrogen functional groups attached to an aromatic ring is 1. The van der Waals surface area contributed by atoms with Crippen molar-refractivity contribution in [3.05, 3.63) is 64.5 Å². The number of nitrogens with two attached hydrogens (primary N) is 1. The van der Waals surface area contributed by atoms with Crippen LogP contribution in [-0.4, -0.2) is 25.0 Å². The van der Waals surface area contributed by atoms with E-state index in [0.29, 0.717) is 11.1 Å². The second-order valence-corrected chi connectivity index (χ2v) is 7.23. The molecule has 0 aliphatic rings. The highest BCUT2D eigenvalue weighted by molar-refractivity contribution is 6.38. The van der Waals surface area contributed by atoms with Crippen LogP contribution >= 0.6 is 23.2 Å². The minimum atomic E-state index is -0.808. The van der Waals surface area contributed by atoms with E-state index >= 15 is 0 Å². The number of benzene rings is 1. The molecule has 0 fully saturated rings. The predicted octanol–water partition coefficient (Wildman–Crippen LogP) is 2.12. The van der Waals surface area contributed by atoms with Crippen molar-refractivity contribution in [3.8, 4) is 17.3 Å². The molecule has 3 rings (SSSR count). The molecule has 0 saturated carbocycles. The summed E-state index contributed by atoms with van der Waals surface area (Å²) in [5, 5.41) is 10.1. The zero-order valence-corrected chi connectivity index (χ0v) is 17.1. The lowest BCUT2D eigenvalue weighted by Crippen LogP contribution is -2.33. The third-order valence-corrected chi connectivity index (χ3v) is 4.85. The summed E-state index contributed by atoms with van der Waals surface area (Å²) in [6.07, 6.45) is 0. The lowest BCUT2D eigenvalue weighted by atomic mass is 10.1. The fraction of sp³-hybridized carbons (Fsp3) is 0.235. The summed E-state index contributed by atoms with van der Waals surface area (Å²) < 4.78 is 6.57. The van der Waals surface area contributed by atoms with Gasteiger partial charge in [-0.2, -0.15) is 4.68 Å². The predicted molar refractivity (Wildman–Crippen MR) is 109 cm³/mol. The zero-order valence-electron chi connectivity index (χ0n) is 15.5. The van der Waals surface area contributed by atoms with Crippen LogP contribution in [0, 0.1) is 6.92 Å². The first kappa shape index (κ1) is 20.6. The van der Waals surface area contributed by atoms with Crippen LogP contribution in [0.4, 0.5) is 5.82 Å². The Bertz CT molecular complexity index is 1280. The molecule has 12 heteroatoms. The first-order valence-corrected chi connectivity index (χ1v) is 9.11. The van der Waals surface area contributed by atoms with E-state index in [-0.39, 0.29) is 38.8 Å². The number of halogens is 2. The molecule has 0 aliphatic carbocycles. The van der Waals surface area contributed by atoms with E-state index in [1.54, 1.807) is 6.92 Å². The Morgan fingerprint density at radius 1 is 1.17 bits per heavy atom. The lowest BCUT2D eigenvalue weighted by molar-refractivity contribution is 0.452. The molecule has 0 saturated heterocycles. The van der Waals surface area contributed by atoms with Crippen LogP contribution in [0.25, 0.3) is 5.69 Å². The molecule has 0 atom stereocenters. The molecule has 152 valence electrons. The summed E-state index contributed by atoms with van der Waals surface area (Å²) in [5.41, 5.74) is 4.64. The number of H-pyrrole nitrogens is 2. The van der Waals surface area contributed by atoms with E-state index in [1.165, 1.54) is 12.1 Å². The van der Waals surface area contributed by atoms with Gasteiger partial charge in [-0.25, -0.2) is 9.89 Å². The SMILES string of the molecule is Cc1c(-n2nc(N)c(=O)[nH]c2=O)cc(Cl)c(Oc2cc(C(C)C)c(=O)[nH]n2)c1Cl. The number of nitrogens with zero attached hydrogens (tertiary/aromatic N) is 3. The van der Waals surface area contributed by atoms with Crippen molar-refractivity contribution in [1.82, 2.24) is 25.0 Å². The standard InChI is InChI=1S/C17H16Cl2N6O4/c1-6(2)8-4-11(22-23-15(8)26)29-13-9(18)5-10(7(3)12(13)19)25-17(28)21-16(27)14(20)24-25/h4-6H,1-3H3,(H2,20,24)(H,23,26)(H,21,27,28). The van der Waals surface area contributed by atoms with Gasteiger partial charge in [0, 0.05) is 11.6 Å². The summed E-state index contributed by atoms with van der Waals surface area (Å²) in [7, 11) is 0. The van der Waals surface area contributed by atoms with Crippen molar-refractivity contribution < 1.29 is 4.74 Å². The molecule has 0 bridgehead atoms. The van der Waals surface area contributed by atoms with Gasteiger partial charge in [0.2, 0.25) is 11.7 Å². The number of aromatic amines is 2. The van der Waals surface area contributed by atoms with Gasteiger partial charge in [-0.05, 0) is 24.5 Å². The third-order valence-electron chi connectivity index (χ3n) is 4.11. The molecule has 4 N–H and O–H groups in total. The number of hydrogen-bond donors (Lipinski definition) is 3. The van der Waals surface area contributed by atoms with E-state index in [1.807, 2.05) is 13.8 Å². The van der Waals surface area contributed by atoms with Crippen molar-refractivity contribution in [3.63, 3.8) is 0 Å². The molecule has 0 amide bonds. The highest BCUT2D eigenvalue weighted by Crippen LogP contribution is 2.40. The average molecular weight is 439 g/mol. The first-order chi connectivity index (χ1) is 13.6. The van der Waals surface area contributed by atoms with Crippen molar-refractivity contribution in [2.24, 2.45) is 0 Å². The maximum Gasteiger partial charge on any atom is 0.349 e. The number of aromatic nitrogens is 5. The van der Waals surface area contributed by atoms with Crippen molar-refractivity contribution in [1.29, 1.82) is 0 Å². The molecule has 2 aromatic heterocycles. The van der Waals surface area contributed by atoms with Crippen LogP contribution in [0.3, 0.4) is 0 Å². The highest BCUT2D eigenvalue weighted by atomic mass is 35.5. The maximum atomic E-state index is 12.1. The van der Waals surface area contributed by atoms with E-state index in [0.717, 1.165) is 4.68 Å². The van der Waals surface area contributed by atoms with Crippen LogP contribution in [0.5, 0.6) is 11.6 Å². The van der Waals surface area contributed by atoms with Gasteiger partial charge in [-0.15, -0.1) is 10.2 Å². The van der Waals surface area contributed by atoms with E-state index in [9.17, 15) is 14.4 Å². The minimum Gasteiger partial charge on any atom is -0.434 e. The zero-order chi connectivity index (χ0) is 21.5. The number of anilines is 1. The molecular formula is C17H16Cl2N6O4. The smallest absolute Gasteiger partial charge is 0.349 e. The van der Waals surface area contributed by atoms with Gasteiger partial charge in [0.1, 0.15) is 0 Å². The number of rotatable bonds is 4. The van der Waals surface area contributed by atoms with E-state index in [4.69, 9.17) is 33.7 Å². The normalized spacial score (nSPS) is 11.1. The topological polar surface area (TPSA) is 149 Å². The van der Waals surface area contributed by atoms with Crippen LogP contribution in [-0.2, 0) is 0 Å². The van der Waals surface area contributed by atoms with Gasteiger partial charge >= 0.3 is 5.69 Å². The maximum absolute atomic E-state index is 12.1. The Morgan fingerprint density at radius 3 is 2.52 bits per heavy atom. The number of nitrogens with one attached hydrogen (secondary N) is 2. The van der Waals surface area contributed by atoms with E-state index in [2.05, 4.69) is 20.3 Å². The van der Waals surface area contributed by atoms with Gasteiger partial charge in [-0.3, -0.25) is 14.6 Å². The summed E-state index contributed by atoms with van der Waals surface area (Å²) in [6.45, 7) is 5.32. The molecule has 0 unspecified atom stereocenters. The second kappa shape index (κ2) is 7.72. The first-order valence-electron chi connectivity index (χ1n) is 8.35. The quantitative estimate of drug-likeness (QED) is 0.564. The average Bonchev–Trinajstić information content (AvgIpc) is 2.66. The van der Waals surface area contributed by atoms with Crippen LogP contribution < -0.4 is 27.3 Å². The molecule has 0 aliphatic heterocycles. The Balaban J connectivity index is 2.11. The second-order valence-electron chi connectivity index (χ2n) is 6.45. The summed E-state index contributed by atoms with van der Waals surface area (Å²) >= 11 is 12.7. The molecule has 29 heavy (non-hydrogen) atoms. The van der Waals surface area contributed by atoms with Crippen LogP contribution in [0.1, 0.15) is 30.9 Å². The molecule has 0 radical (unpaired) electrons. The largest absolute Gasteiger partial charge is 0.434 e. The van der Waals surface area contributed by atoms with Crippen molar-refractivity contribution >= 4 is 29.0 Å². The number of ether oxygens (including phenoxy) is 1. The Labute approximate surface area is 173 Å². The van der Waals surface area contributed by atoms with Crippen molar-refractivity contribution in [2.75, 3.05) is 5.73 Å². The summed E-state index contributed by atoms with van der Waals surface area (Å²) in [5.74, 6) is -0.278. The summed E-state index contributed by atoms with van der Waals surface area (Å²) in [6, 6.07) is 2.88. The third kappa shape index (κ3) is 3.89. The molecular weight excluding hydrogens is 423 g/mol. The van der Waals surface area contributed by atoms with Gasteiger partial charge in [0.05, 0.1) is 15.7 Å². The van der Waals surface area contributed by atoms with Crippen LogP contribution in [0.2, 0.25) is 10.0 Å². The molecule has 10 nitrogen and oxygen atoms in total. The highest BCUT2D eigenvalue weighted by Gasteiger charge is 2.19. The van der Waals surface area contributed by atoms with Gasteiger partial charge in [0.15, 0.2) is 5.75 Å². The van der Waals surface area contributed by atoms with E-state index < -0.39 is 17.1 Å². The molecule has 2 heterocycles. The lowest BCUT2D eigenvalue weighted by Gasteiger charge is -2.15. The Hall–Kier alpha value is -3.11. The molecule has 0 spiro atoms. The van der Waals surface area contributed by atoms with Gasteiger partial charge in [0.25, 0.3) is 11.1 Å². The fourth-order valence-corrected chi connectivity index (χ4v) is 3.08. The summed E-state index contributed by atoms with van der Waals surface area (Å²) in [4.78, 5) is 37.4. The molecule has 3 aromatic rings. The van der Waals surface area contributed by atoms with Gasteiger partial charge < -0.3 is 10.5 Å². The molecule has 1 aromatic carbocycles. The minimum absolute atomic E-state index is 0.0492.